The van der Waals surface area contributed by atoms with Gasteiger partial charge in [0.25, 0.3) is 5.78 Å². The molecule has 0 aliphatic carbocycles. The Morgan fingerprint density at radius 2 is 1.80 bits per heavy atom. The summed E-state index contributed by atoms with van der Waals surface area (Å²) in [6.45, 7) is 7.57. The first kappa shape index (κ1) is 22.8. The number of fused-ring (bicyclic) bond motifs is 1. The predicted octanol–water partition coefficient (Wildman–Crippen LogP) is 3.16. The molecule has 2 aromatic heterocycles. The highest BCUT2D eigenvalue weighted by Gasteiger charge is 2.27. The van der Waals surface area contributed by atoms with Gasteiger partial charge >= 0.3 is 0 Å². The molecule has 0 unspecified atom stereocenters. The molecule has 1 aliphatic heterocycles. The second kappa shape index (κ2) is 10.1. The van der Waals surface area contributed by atoms with Gasteiger partial charge < -0.3 is 15.0 Å². The minimum atomic E-state index is -0.239. The van der Waals surface area contributed by atoms with E-state index in [2.05, 4.69) is 30.2 Å². The maximum atomic E-state index is 12.9. The minimum absolute atomic E-state index is 0.0187. The van der Waals surface area contributed by atoms with E-state index in [1.54, 1.807) is 4.52 Å². The van der Waals surface area contributed by atoms with Crippen LogP contribution in [-0.2, 0) is 11.4 Å². The van der Waals surface area contributed by atoms with Crippen LogP contribution in [0.5, 0.6) is 5.75 Å². The summed E-state index contributed by atoms with van der Waals surface area (Å²) in [4.78, 5) is 26.0. The zero-order chi connectivity index (χ0) is 24.2. The van der Waals surface area contributed by atoms with Gasteiger partial charge in [0, 0.05) is 43.6 Å². The highest BCUT2D eigenvalue weighted by atomic mass is 16.5. The van der Waals surface area contributed by atoms with Gasteiger partial charge in [0.15, 0.2) is 0 Å². The first-order valence-electron chi connectivity index (χ1n) is 11.8. The summed E-state index contributed by atoms with van der Waals surface area (Å²) >= 11 is 0. The zero-order valence-electron chi connectivity index (χ0n) is 20.0. The highest BCUT2D eigenvalue weighted by molar-refractivity contribution is 5.94. The van der Waals surface area contributed by atoms with Crippen LogP contribution in [0.1, 0.15) is 18.2 Å². The number of piperazine rings is 1. The Balaban J connectivity index is 1.14. The molecule has 1 saturated heterocycles. The predicted molar refractivity (Wildman–Crippen MR) is 135 cm³/mol. The molecule has 0 saturated carbocycles. The molecule has 1 aliphatic rings. The van der Waals surface area contributed by atoms with Gasteiger partial charge in [-0.3, -0.25) is 9.69 Å². The molecule has 0 bridgehead atoms. The molecule has 9 nitrogen and oxygen atoms in total. The number of hydrogen-bond donors (Lipinski definition) is 1. The van der Waals surface area contributed by atoms with Crippen LogP contribution in [0.2, 0.25) is 0 Å². The molecule has 0 radical (unpaired) electrons. The number of hydrogen-bond acceptors (Lipinski definition) is 7. The lowest BCUT2D eigenvalue weighted by molar-refractivity contribution is -0.120. The van der Waals surface area contributed by atoms with Crippen molar-refractivity contribution in [3.05, 3.63) is 78.2 Å². The Bertz CT molecular complexity index is 1280. The number of ether oxygens (including phenoxy) is 1. The van der Waals surface area contributed by atoms with Gasteiger partial charge in [-0.05, 0) is 43.7 Å². The molecule has 4 aromatic rings. The van der Waals surface area contributed by atoms with Crippen LogP contribution in [0.25, 0.3) is 5.78 Å². The molecule has 1 N–H and O–H groups in total. The second-order valence-electron chi connectivity index (χ2n) is 8.71. The number of nitrogens with one attached hydrogen (secondary N) is 1. The van der Waals surface area contributed by atoms with E-state index in [-0.39, 0.29) is 11.9 Å². The van der Waals surface area contributed by atoms with Gasteiger partial charge in [-0.1, -0.05) is 30.3 Å². The third-order valence-electron chi connectivity index (χ3n) is 6.30. The average Bonchev–Trinajstić information content (AvgIpc) is 3.36. The van der Waals surface area contributed by atoms with E-state index >= 15 is 0 Å². The highest BCUT2D eigenvalue weighted by Crippen LogP contribution is 2.20. The summed E-state index contributed by atoms with van der Waals surface area (Å²) in [5, 5.41) is 7.34. The summed E-state index contributed by atoms with van der Waals surface area (Å²) in [5.41, 5.74) is 2.78. The first-order valence-corrected chi connectivity index (χ1v) is 11.8. The van der Waals surface area contributed by atoms with Gasteiger partial charge in [0.2, 0.25) is 5.91 Å². The number of rotatable bonds is 7. The Hall–Kier alpha value is -3.98. The smallest absolute Gasteiger partial charge is 0.254 e. The molecule has 1 amide bonds. The number of anilines is 2. The Labute approximate surface area is 204 Å². The topological polar surface area (TPSA) is 87.9 Å². The van der Waals surface area contributed by atoms with E-state index in [1.807, 2.05) is 74.5 Å². The fourth-order valence-electron chi connectivity index (χ4n) is 4.26. The number of amides is 1. The SMILES string of the molecule is Cc1cc(N2CCN([C@@H](C)C(=O)Nc3ccc(OCc4ccccc4)cc3)CC2)n2ncnc2n1. The summed E-state index contributed by atoms with van der Waals surface area (Å²) in [6.07, 6.45) is 1.52. The maximum Gasteiger partial charge on any atom is 0.254 e. The number of carbonyl (C=O) groups is 1. The Kier molecular flexibility index (Phi) is 6.58. The maximum absolute atomic E-state index is 12.9. The molecule has 1 atom stereocenters. The molecule has 5 rings (SSSR count). The Morgan fingerprint density at radius 1 is 1.06 bits per heavy atom. The normalized spacial score (nSPS) is 15.2. The molecule has 2 aromatic carbocycles. The van der Waals surface area contributed by atoms with E-state index in [0.29, 0.717) is 12.4 Å². The standard InChI is InChI=1S/C26H29N7O2/c1-19-16-24(33-26(29-19)27-18-28-33)32-14-12-31(13-15-32)20(2)25(34)30-22-8-10-23(11-9-22)35-17-21-6-4-3-5-7-21/h3-11,16,18,20H,12-15,17H2,1-2H3,(H,30,34)/t20-/m0/s1. The number of aromatic nitrogens is 4. The van der Waals surface area contributed by atoms with E-state index in [9.17, 15) is 4.79 Å². The van der Waals surface area contributed by atoms with Crippen molar-refractivity contribution in [1.29, 1.82) is 0 Å². The molecule has 0 spiro atoms. The van der Waals surface area contributed by atoms with E-state index in [0.717, 1.165) is 54.7 Å². The van der Waals surface area contributed by atoms with E-state index in [1.165, 1.54) is 6.33 Å². The lowest BCUT2D eigenvalue weighted by Gasteiger charge is -2.38. The quantitative estimate of drug-likeness (QED) is 0.443. The van der Waals surface area contributed by atoms with Gasteiger partial charge in [0.1, 0.15) is 24.5 Å². The summed E-state index contributed by atoms with van der Waals surface area (Å²) in [6, 6.07) is 19.3. The van der Waals surface area contributed by atoms with Crippen molar-refractivity contribution in [2.45, 2.75) is 26.5 Å². The first-order chi connectivity index (χ1) is 17.1. The van der Waals surface area contributed by atoms with Gasteiger partial charge in [-0.25, -0.2) is 4.98 Å². The molecule has 3 heterocycles. The Morgan fingerprint density at radius 3 is 2.54 bits per heavy atom. The van der Waals surface area contributed by atoms with Crippen LogP contribution in [-0.4, -0.2) is 62.6 Å². The molecule has 9 heteroatoms. The van der Waals surface area contributed by atoms with Crippen molar-refractivity contribution in [3.8, 4) is 5.75 Å². The second-order valence-corrected chi connectivity index (χ2v) is 8.71. The van der Waals surface area contributed by atoms with Crippen molar-refractivity contribution >= 4 is 23.2 Å². The molecular formula is C26H29N7O2. The van der Waals surface area contributed by atoms with Crippen molar-refractivity contribution in [3.63, 3.8) is 0 Å². The molecule has 1 fully saturated rings. The number of aryl methyl sites for hydroxylation is 1. The molecule has 180 valence electrons. The van der Waals surface area contributed by atoms with Crippen LogP contribution < -0.4 is 15.0 Å². The third kappa shape index (κ3) is 5.25. The number of benzene rings is 2. The van der Waals surface area contributed by atoms with Crippen LogP contribution in [0, 0.1) is 6.92 Å². The van der Waals surface area contributed by atoms with Crippen molar-refractivity contribution in [2.24, 2.45) is 0 Å². The van der Waals surface area contributed by atoms with Crippen LogP contribution in [0.15, 0.2) is 67.0 Å². The van der Waals surface area contributed by atoms with Gasteiger partial charge in [0.05, 0.1) is 6.04 Å². The largest absolute Gasteiger partial charge is 0.489 e. The molecule has 35 heavy (non-hydrogen) atoms. The van der Waals surface area contributed by atoms with E-state index in [4.69, 9.17) is 4.74 Å². The summed E-state index contributed by atoms with van der Waals surface area (Å²) < 4.78 is 7.60. The van der Waals surface area contributed by atoms with Crippen molar-refractivity contribution in [1.82, 2.24) is 24.5 Å². The van der Waals surface area contributed by atoms with Crippen molar-refractivity contribution < 1.29 is 9.53 Å². The molecular weight excluding hydrogens is 442 g/mol. The lowest BCUT2D eigenvalue weighted by Crippen LogP contribution is -2.53. The number of carbonyl (C=O) groups excluding carboxylic acids is 1. The zero-order valence-corrected chi connectivity index (χ0v) is 20.0. The van der Waals surface area contributed by atoms with Gasteiger partial charge in [-0.15, -0.1) is 0 Å². The summed E-state index contributed by atoms with van der Waals surface area (Å²) in [5.74, 6) is 2.33. The monoisotopic (exact) mass is 471 g/mol. The van der Waals surface area contributed by atoms with E-state index < -0.39 is 0 Å². The average molecular weight is 472 g/mol. The summed E-state index contributed by atoms with van der Waals surface area (Å²) in [7, 11) is 0. The number of nitrogens with zero attached hydrogens (tertiary/aromatic N) is 6. The van der Waals surface area contributed by atoms with Crippen LogP contribution in [0.4, 0.5) is 11.5 Å². The van der Waals surface area contributed by atoms with Crippen LogP contribution in [0.3, 0.4) is 0 Å². The van der Waals surface area contributed by atoms with Crippen LogP contribution >= 0.6 is 0 Å². The van der Waals surface area contributed by atoms with Gasteiger partial charge in [-0.2, -0.15) is 14.6 Å². The fraction of sp³-hybridized carbons (Fsp3) is 0.308. The van der Waals surface area contributed by atoms with Crippen molar-refractivity contribution in [2.75, 3.05) is 36.4 Å². The lowest BCUT2D eigenvalue weighted by atomic mass is 10.2. The fourth-order valence-corrected chi connectivity index (χ4v) is 4.26. The minimum Gasteiger partial charge on any atom is -0.489 e. The third-order valence-corrected chi connectivity index (χ3v) is 6.30.